The Morgan fingerprint density at radius 3 is 2.38 bits per heavy atom. The average molecular weight is 256 g/mol. The van der Waals surface area contributed by atoms with Crippen molar-refractivity contribution in [3.63, 3.8) is 0 Å². The van der Waals surface area contributed by atoms with Crippen LogP contribution in [0.2, 0.25) is 0 Å². The maximum Gasteiger partial charge on any atom is 0.450 e. The van der Waals surface area contributed by atoms with Gasteiger partial charge in [0.25, 0.3) is 0 Å². The molecule has 2 aromatic rings. The predicted octanol–water partition coefficient (Wildman–Crippen LogP) is 1.75. The molecule has 0 aliphatic heterocycles. The van der Waals surface area contributed by atoms with E-state index in [0.717, 1.165) is 5.39 Å². The van der Waals surface area contributed by atoms with Crippen LogP contribution in [0.3, 0.4) is 0 Å². The molecule has 84 valence electrons. The lowest BCUT2D eigenvalue weighted by Gasteiger charge is -2.07. The van der Waals surface area contributed by atoms with Gasteiger partial charge in [-0.15, -0.1) is 8.42 Å². The van der Waals surface area contributed by atoms with Crippen LogP contribution in [0.4, 0.5) is 0 Å². The molecule has 0 amide bonds. The Bertz CT molecular complexity index is 616. The van der Waals surface area contributed by atoms with Crippen LogP contribution < -0.4 is 0 Å². The molecule has 2 rings (SSSR count). The molecule has 1 atom stereocenters. The van der Waals surface area contributed by atoms with E-state index >= 15 is 0 Å². The first-order chi connectivity index (χ1) is 7.50. The molecule has 0 spiro atoms. The summed E-state index contributed by atoms with van der Waals surface area (Å²) in [6, 6.07) is 11.7. The highest BCUT2D eigenvalue weighted by molar-refractivity contribution is 8.65. The van der Waals surface area contributed by atoms with Crippen molar-refractivity contribution in [1.29, 1.82) is 0 Å². The summed E-state index contributed by atoms with van der Waals surface area (Å²) in [7, 11) is -7.02. The van der Waals surface area contributed by atoms with Gasteiger partial charge in [-0.05, 0) is 17.5 Å². The second-order valence-corrected chi connectivity index (χ2v) is 7.08. The Morgan fingerprint density at radius 1 is 1.06 bits per heavy atom. The van der Waals surface area contributed by atoms with Crippen LogP contribution in [0.25, 0.3) is 10.8 Å². The molecular formula is C10H8O4S2. The Morgan fingerprint density at radius 2 is 1.69 bits per heavy atom. The Hall–Kier alpha value is -1.08. The largest absolute Gasteiger partial charge is 0.594 e. The minimum absolute atomic E-state index is 0.0978. The van der Waals surface area contributed by atoms with E-state index in [1.807, 2.05) is 0 Å². The molecule has 0 fully saturated rings. The van der Waals surface area contributed by atoms with Crippen molar-refractivity contribution in [2.75, 3.05) is 0 Å². The van der Waals surface area contributed by atoms with E-state index < -0.39 is 19.4 Å². The van der Waals surface area contributed by atoms with Crippen LogP contribution in [0.5, 0.6) is 0 Å². The first-order valence-electron chi connectivity index (χ1n) is 4.37. The number of rotatable bonds is 2. The van der Waals surface area contributed by atoms with Crippen LogP contribution in [0, 0.1) is 0 Å². The van der Waals surface area contributed by atoms with E-state index in [4.69, 9.17) is 4.55 Å². The van der Waals surface area contributed by atoms with E-state index in [2.05, 4.69) is 0 Å². The minimum Gasteiger partial charge on any atom is -0.594 e. The number of benzene rings is 2. The summed E-state index contributed by atoms with van der Waals surface area (Å²) in [5.74, 6) is 0. The van der Waals surface area contributed by atoms with Gasteiger partial charge in [0.05, 0.1) is 0 Å². The lowest BCUT2D eigenvalue weighted by atomic mass is 10.1. The summed E-state index contributed by atoms with van der Waals surface area (Å²) in [4.78, 5) is 0.0978. The van der Waals surface area contributed by atoms with E-state index in [1.54, 1.807) is 36.4 Å². The zero-order chi connectivity index (χ0) is 11.8. The number of hydrogen-bond acceptors (Lipinski definition) is 3. The van der Waals surface area contributed by atoms with Gasteiger partial charge in [0.1, 0.15) is 10.2 Å². The van der Waals surface area contributed by atoms with Gasteiger partial charge in [-0.1, -0.05) is 30.3 Å². The van der Waals surface area contributed by atoms with Crippen molar-refractivity contribution in [3.05, 3.63) is 42.5 Å². The summed E-state index contributed by atoms with van der Waals surface area (Å²) in [5.41, 5.74) is 0. The molecule has 0 bridgehead atoms. The fourth-order valence-corrected chi connectivity index (χ4v) is 3.35. The van der Waals surface area contributed by atoms with E-state index in [9.17, 15) is 13.0 Å². The summed E-state index contributed by atoms with van der Waals surface area (Å²) >= 11 is 0. The third-order valence-corrected chi connectivity index (χ3v) is 4.90. The predicted molar refractivity (Wildman–Crippen MR) is 61.9 cm³/mol. The fourth-order valence-electron chi connectivity index (χ4n) is 1.45. The van der Waals surface area contributed by atoms with Crippen LogP contribution in [-0.2, 0) is 19.4 Å². The zero-order valence-corrected chi connectivity index (χ0v) is 9.66. The van der Waals surface area contributed by atoms with E-state index in [1.165, 1.54) is 6.07 Å². The van der Waals surface area contributed by atoms with Gasteiger partial charge in [0.2, 0.25) is 0 Å². The molecule has 0 heterocycles. The average Bonchev–Trinajstić information content (AvgIpc) is 2.26. The monoisotopic (exact) mass is 256 g/mol. The van der Waals surface area contributed by atoms with Crippen molar-refractivity contribution in [1.82, 2.24) is 0 Å². The molecule has 0 radical (unpaired) electrons. The molecule has 6 heteroatoms. The smallest absolute Gasteiger partial charge is 0.450 e. The molecule has 4 nitrogen and oxygen atoms in total. The van der Waals surface area contributed by atoms with Crippen LogP contribution in [0.1, 0.15) is 0 Å². The Labute approximate surface area is 95.2 Å². The van der Waals surface area contributed by atoms with Crippen molar-refractivity contribution in [2.24, 2.45) is 0 Å². The molecule has 0 saturated heterocycles. The molecule has 2 aromatic carbocycles. The number of hydrogen-bond donors (Lipinski definition) is 1. The van der Waals surface area contributed by atoms with Crippen LogP contribution in [0.15, 0.2) is 47.4 Å². The summed E-state index contributed by atoms with van der Waals surface area (Å²) < 4.78 is 42.0. The van der Waals surface area contributed by atoms with Crippen molar-refractivity contribution >= 4 is 30.1 Å². The normalized spacial score (nSPS) is 13.9. The first-order valence-corrected chi connectivity index (χ1v) is 7.48. The zero-order valence-electron chi connectivity index (χ0n) is 8.03. The summed E-state index contributed by atoms with van der Waals surface area (Å²) in [6.07, 6.45) is 0. The third-order valence-electron chi connectivity index (χ3n) is 2.12. The highest BCUT2D eigenvalue weighted by atomic mass is 33.2. The molecular weight excluding hydrogens is 248 g/mol. The van der Waals surface area contributed by atoms with Gasteiger partial charge in [-0.3, -0.25) is 0 Å². The first kappa shape index (κ1) is 11.4. The molecule has 0 aromatic heterocycles. The van der Waals surface area contributed by atoms with Gasteiger partial charge >= 0.3 is 9.15 Å². The standard InChI is InChI=1S/C10H8O4S2/c11-15(16(12,13)14)10-7-3-5-8-4-1-2-6-9(8)10/h1-7H,(H,12,13,14). The van der Waals surface area contributed by atoms with Crippen LogP contribution in [-0.4, -0.2) is 17.5 Å². The second kappa shape index (κ2) is 4.06. The molecule has 1 unspecified atom stereocenters. The molecule has 0 saturated carbocycles. The van der Waals surface area contributed by atoms with Gasteiger partial charge in [0, 0.05) is 5.39 Å². The van der Waals surface area contributed by atoms with E-state index in [-0.39, 0.29) is 4.90 Å². The summed E-state index contributed by atoms with van der Waals surface area (Å²) in [5, 5.41) is 1.33. The molecule has 1 N–H and O–H groups in total. The second-order valence-electron chi connectivity index (χ2n) is 3.14. The Kier molecular flexibility index (Phi) is 2.90. The van der Waals surface area contributed by atoms with Gasteiger partial charge in [-0.25, -0.2) is 4.55 Å². The lowest BCUT2D eigenvalue weighted by Crippen LogP contribution is -2.14. The molecule has 0 aliphatic rings. The van der Waals surface area contributed by atoms with Gasteiger partial charge in [0.15, 0.2) is 4.90 Å². The van der Waals surface area contributed by atoms with Crippen molar-refractivity contribution < 1.29 is 17.5 Å². The highest BCUT2D eigenvalue weighted by Gasteiger charge is 2.28. The lowest BCUT2D eigenvalue weighted by molar-refractivity contribution is 0.493. The van der Waals surface area contributed by atoms with Crippen molar-refractivity contribution in [3.8, 4) is 0 Å². The topological polar surface area (TPSA) is 77.4 Å². The molecule has 0 aliphatic carbocycles. The Balaban J connectivity index is 2.70. The van der Waals surface area contributed by atoms with Gasteiger partial charge in [-0.2, -0.15) is 0 Å². The maximum absolute atomic E-state index is 11.6. The number of fused-ring (bicyclic) bond motifs is 1. The van der Waals surface area contributed by atoms with Gasteiger partial charge < -0.3 is 4.55 Å². The highest BCUT2D eigenvalue weighted by Crippen LogP contribution is 2.25. The van der Waals surface area contributed by atoms with Crippen LogP contribution >= 0.6 is 0 Å². The minimum atomic E-state index is -4.58. The third kappa shape index (κ3) is 2.05. The quantitative estimate of drug-likeness (QED) is 0.504. The maximum atomic E-state index is 11.6. The van der Waals surface area contributed by atoms with Crippen molar-refractivity contribution in [2.45, 2.75) is 4.90 Å². The SMILES string of the molecule is O=S(=O)(O)[S+]([O-])c1cccc2ccccc12. The van der Waals surface area contributed by atoms with E-state index in [0.29, 0.717) is 5.39 Å². The molecule has 16 heavy (non-hydrogen) atoms. The summed E-state index contributed by atoms with van der Waals surface area (Å²) in [6.45, 7) is 0. The fraction of sp³-hybridized carbons (Fsp3) is 0.